The minimum atomic E-state index is -0.201. The van der Waals surface area contributed by atoms with E-state index in [-0.39, 0.29) is 17.5 Å². The summed E-state index contributed by atoms with van der Waals surface area (Å²) in [7, 11) is 0. The van der Waals surface area contributed by atoms with Crippen molar-refractivity contribution in [2.24, 2.45) is 29.1 Å². The Morgan fingerprint density at radius 2 is 2.15 bits per heavy atom. The maximum atomic E-state index is 11.2. The van der Waals surface area contributed by atoms with Gasteiger partial charge >= 0.3 is 5.97 Å². The van der Waals surface area contributed by atoms with Crippen LogP contribution in [-0.2, 0) is 14.3 Å². The normalized spacial score (nSPS) is 40.5. The second-order valence-electron chi connectivity index (χ2n) is 7.05. The van der Waals surface area contributed by atoms with Crippen LogP contribution in [0, 0.1) is 29.1 Å². The van der Waals surface area contributed by atoms with Crippen molar-refractivity contribution in [3.8, 4) is 0 Å². The lowest BCUT2D eigenvalue weighted by molar-refractivity contribution is -0.186. The largest absolute Gasteiger partial charge is 0.465 e. The molecule has 114 valence electrons. The molecule has 0 aromatic heterocycles. The first-order valence-corrected chi connectivity index (χ1v) is 7.73. The highest BCUT2D eigenvalue weighted by Gasteiger charge is 2.54. The maximum absolute atomic E-state index is 11.2. The second kappa shape index (κ2) is 5.51. The van der Waals surface area contributed by atoms with Gasteiger partial charge in [0, 0.05) is 18.3 Å². The summed E-state index contributed by atoms with van der Waals surface area (Å²) in [6, 6.07) is 0. The highest BCUT2D eigenvalue weighted by Crippen LogP contribution is 2.53. The first-order chi connectivity index (χ1) is 9.29. The molecule has 2 bridgehead atoms. The zero-order valence-corrected chi connectivity index (χ0v) is 13.6. The van der Waals surface area contributed by atoms with Crippen LogP contribution in [0.15, 0.2) is 11.6 Å². The van der Waals surface area contributed by atoms with Gasteiger partial charge in [-0.15, -0.1) is 0 Å². The van der Waals surface area contributed by atoms with Crippen LogP contribution in [0.2, 0.25) is 0 Å². The summed E-state index contributed by atoms with van der Waals surface area (Å²) >= 11 is 0. The lowest BCUT2D eigenvalue weighted by atomic mass is 9.55. The van der Waals surface area contributed by atoms with E-state index in [0.717, 1.165) is 0 Å². The second-order valence-corrected chi connectivity index (χ2v) is 7.05. The van der Waals surface area contributed by atoms with Crippen molar-refractivity contribution >= 4 is 5.97 Å². The molecule has 1 saturated heterocycles. The minimum Gasteiger partial charge on any atom is -0.465 e. The number of rotatable bonds is 3. The molecule has 5 atom stereocenters. The van der Waals surface area contributed by atoms with E-state index in [1.165, 1.54) is 12.5 Å². The number of hydrogen-bond acceptors (Lipinski definition) is 3. The van der Waals surface area contributed by atoms with Gasteiger partial charge in [0.15, 0.2) is 0 Å². The molecule has 3 heteroatoms. The van der Waals surface area contributed by atoms with Crippen molar-refractivity contribution < 1.29 is 14.3 Å². The smallest absolute Gasteiger partial charge is 0.302 e. The molecule has 0 aromatic rings. The Morgan fingerprint density at radius 3 is 2.70 bits per heavy atom. The molecule has 0 amide bonds. The summed E-state index contributed by atoms with van der Waals surface area (Å²) in [6.45, 7) is 13.8. The fourth-order valence-electron chi connectivity index (χ4n) is 4.15. The highest BCUT2D eigenvalue weighted by molar-refractivity contribution is 5.65. The Bertz CT molecular complexity index is 412. The first kappa shape index (κ1) is 15.6. The standard InChI is InChI=1S/C17H28O3/c1-10(2)16-15-11(3)7-12(4)17(9-20-16,13(15)5)8-19-14(6)18/h7,10,12-13,15-16H,8-9H2,1-6H3/t12-,13-,15+,16+,17-/m1/s1. The van der Waals surface area contributed by atoms with Crippen LogP contribution in [0.25, 0.3) is 0 Å². The molecule has 1 fully saturated rings. The van der Waals surface area contributed by atoms with Crippen LogP contribution in [0.1, 0.15) is 41.5 Å². The first-order valence-electron chi connectivity index (χ1n) is 7.73. The van der Waals surface area contributed by atoms with E-state index in [1.807, 2.05) is 0 Å². The Kier molecular flexibility index (Phi) is 4.29. The molecule has 0 radical (unpaired) electrons. The van der Waals surface area contributed by atoms with Crippen LogP contribution >= 0.6 is 0 Å². The third-order valence-corrected chi connectivity index (χ3v) is 5.49. The Hall–Kier alpha value is -0.830. The van der Waals surface area contributed by atoms with Crippen LogP contribution < -0.4 is 0 Å². The van der Waals surface area contributed by atoms with Crippen LogP contribution in [-0.4, -0.2) is 25.3 Å². The average molecular weight is 280 g/mol. The maximum Gasteiger partial charge on any atom is 0.302 e. The van der Waals surface area contributed by atoms with Crippen LogP contribution in [0.3, 0.4) is 0 Å². The van der Waals surface area contributed by atoms with E-state index in [9.17, 15) is 4.79 Å². The van der Waals surface area contributed by atoms with E-state index < -0.39 is 0 Å². The third-order valence-electron chi connectivity index (χ3n) is 5.49. The van der Waals surface area contributed by atoms with E-state index in [2.05, 4.69) is 40.7 Å². The van der Waals surface area contributed by atoms with E-state index >= 15 is 0 Å². The van der Waals surface area contributed by atoms with Crippen LogP contribution in [0.5, 0.6) is 0 Å². The molecule has 3 nitrogen and oxygen atoms in total. The molecule has 1 aliphatic heterocycles. The monoisotopic (exact) mass is 280 g/mol. The lowest BCUT2D eigenvalue weighted by Gasteiger charge is -2.56. The van der Waals surface area contributed by atoms with E-state index in [4.69, 9.17) is 9.47 Å². The molecule has 1 heterocycles. The van der Waals surface area contributed by atoms with Crippen molar-refractivity contribution in [1.82, 2.24) is 0 Å². The van der Waals surface area contributed by atoms with Gasteiger partial charge in [-0.2, -0.15) is 0 Å². The quantitative estimate of drug-likeness (QED) is 0.587. The third kappa shape index (κ3) is 2.41. The fourth-order valence-corrected chi connectivity index (χ4v) is 4.15. The van der Waals surface area contributed by atoms with Gasteiger partial charge in [0.2, 0.25) is 0 Å². The van der Waals surface area contributed by atoms with Crippen molar-refractivity contribution in [2.45, 2.75) is 47.6 Å². The topological polar surface area (TPSA) is 35.5 Å². The number of esters is 1. The highest BCUT2D eigenvalue weighted by atomic mass is 16.5. The summed E-state index contributed by atoms with van der Waals surface area (Å²) < 4.78 is 11.6. The predicted molar refractivity (Wildman–Crippen MR) is 79.2 cm³/mol. The molecule has 0 saturated carbocycles. The van der Waals surface area contributed by atoms with Gasteiger partial charge < -0.3 is 9.47 Å². The summed E-state index contributed by atoms with van der Waals surface area (Å²) in [5, 5.41) is 0. The minimum absolute atomic E-state index is 0.0682. The predicted octanol–water partition coefficient (Wildman–Crippen LogP) is 3.44. The van der Waals surface area contributed by atoms with Gasteiger partial charge in [-0.05, 0) is 24.7 Å². The molecule has 2 rings (SSSR count). The van der Waals surface area contributed by atoms with E-state index in [0.29, 0.717) is 36.9 Å². The van der Waals surface area contributed by atoms with Gasteiger partial charge in [-0.3, -0.25) is 4.79 Å². The van der Waals surface area contributed by atoms with Crippen molar-refractivity contribution in [1.29, 1.82) is 0 Å². The van der Waals surface area contributed by atoms with Gasteiger partial charge in [0.25, 0.3) is 0 Å². The van der Waals surface area contributed by atoms with Gasteiger partial charge in [0.05, 0.1) is 19.3 Å². The SMILES string of the molecule is CC(=O)OC[C@@]12CO[C@@H](C(C)C)[C@@H](C(C)=C[C@H]1C)[C@H]2C. The van der Waals surface area contributed by atoms with Gasteiger partial charge in [0.1, 0.15) is 0 Å². The number of ether oxygens (including phenoxy) is 2. The van der Waals surface area contributed by atoms with Gasteiger partial charge in [-0.1, -0.05) is 39.3 Å². The van der Waals surface area contributed by atoms with Crippen molar-refractivity contribution in [2.75, 3.05) is 13.2 Å². The zero-order valence-electron chi connectivity index (χ0n) is 13.6. The van der Waals surface area contributed by atoms with Crippen molar-refractivity contribution in [3.63, 3.8) is 0 Å². The fraction of sp³-hybridized carbons (Fsp3) is 0.824. The number of fused-ring (bicyclic) bond motifs is 2. The summed E-state index contributed by atoms with van der Waals surface area (Å²) in [6.07, 6.45) is 2.64. The summed E-state index contributed by atoms with van der Waals surface area (Å²) in [4.78, 5) is 11.2. The molecule has 2 aliphatic rings. The number of carbonyl (C=O) groups excluding carboxylic acids is 1. The number of hydrogen-bond donors (Lipinski definition) is 0. The summed E-state index contributed by atoms with van der Waals surface area (Å²) in [5.41, 5.74) is 1.36. The molecule has 0 unspecified atom stereocenters. The molecule has 1 aliphatic carbocycles. The zero-order chi connectivity index (χ0) is 15.1. The summed E-state index contributed by atoms with van der Waals surface area (Å²) in [5.74, 6) is 1.60. The average Bonchev–Trinajstić information content (AvgIpc) is 2.34. The van der Waals surface area contributed by atoms with E-state index in [1.54, 1.807) is 0 Å². The van der Waals surface area contributed by atoms with Crippen molar-refractivity contribution in [3.05, 3.63) is 11.6 Å². The molecule has 0 aromatic carbocycles. The molecule has 20 heavy (non-hydrogen) atoms. The molecular weight excluding hydrogens is 252 g/mol. The molecular formula is C17H28O3. The lowest BCUT2D eigenvalue weighted by Crippen LogP contribution is -2.57. The Balaban J connectivity index is 2.33. The molecule has 0 spiro atoms. The number of allylic oxidation sites excluding steroid dienone is 1. The Labute approximate surface area is 122 Å². The van der Waals surface area contributed by atoms with Gasteiger partial charge in [-0.25, -0.2) is 0 Å². The van der Waals surface area contributed by atoms with Crippen LogP contribution in [0.4, 0.5) is 0 Å². The molecule has 0 N–H and O–H groups in total. The Morgan fingerprint density at radius 1 is 1.50 bits per heavy atom. The number of carbonyl (C=O) groups is 1.